The zero-order valence-electron chi connectivity index (χ0n) is 11.6. The molecule has 2 heterocycles. The Kier molecular flexibility index (Phi) is 5.15. The summed E-state index contributed by atoms with van der Waals surface area (Å²) >= 11 is 0. The molecule has 0 bridgehead atoms. The fraction of sp³-hybridized carbons (Fsp3) is 0.846. The Labute approximate surface area is 114 Å². The predicted molar refractivity (Wildman–Crippen MR) is 70.8 cm³/mol. The van der Waals surface area contributed by atoms with Gasteiger partial charge in [-0.15, -0.1) is 0 Å². The highest BCUT2D eigenvalue weighted by Gasteiger charge is 2.31. The number of imide groups is 1. The second kappa shape index (κ2) is 6.86. The van der Waals surface area contributed by atoms with E-state index in [1.807, 2.05) is 0 Å². The first-order chi connectivity index (χ1) is 9.22. The van der Waals surface area contributed by atoms with E-state index in [1.54, 1.807) is 0 Å². The maximum atomic E-state index is 12.1. The Morgan fingerprint density at radius 3 is 3.00 bits per heavy atom. The molecule has 2 rings (SSSR count). The molecule has 108 valence electrons. The molecule has 0 aromatic heterocycles. The molecular formula is C13H23N3O3. The highest BCUT2D eigenvalue weighted by molar-refractivity contribution is 5.94. The third-order valence-electron chi connectivity index (χ3n) is 3.70. The van der Waals surface area contributed by atoms with Gasteiger partial charge in [0.2, 0.25) is 5.91 Å². The van der Waals surface area contributed by atoms with Crippen LogP contribution in [-0.2, 0) is 9.53 Å². The molecule has 2 saturated heterocycles. The van der Waals surface area contributed by atoms with Crippen LogP contribution in [0.5, 0.6) is 0 Å². The molecule has 6 heteroatoms. The molecule has 19 heavy (non-hydrogen) atoms. The van der Waals surface area contributed by atoms with Crippen LogP contribution in [0.1, 0.15) is 26.2 Å². The van der Waals surface area contributed by atoms with Gasteiger partial charge in [0.1, 0.15) is 6.61 Å². The van der Waals surface area contributed by atoms with E-state index >= 15 is 0 Å². The lowest BCUT2D eigenvalue weighted by Crippen LogP contribution is -2.50. The number of nitrogens with zero attached hydrogens (tertiary/aromatic N) is 2. The topological polar surface area (TPSA) is 61.9 Å². The van der Waals surface area contributed by atoms with Crippen LogP contribution in [0.15, 0.2) is 0 Å². The summed E-state index contributed by atoms with van der Waals surface area (Å²) in [4.78, 5) is 26.9. The van der Waals surface area contributed by atoms with Crippen molar-refractivity contribution in [2.24, 2.45) is 0 Å². The summed E-state index contributed by atoms with van der Waals surface area (Å²) in [5, 5.41) is 3.37. The molecule has 6 nitrogen and oxygen atoms in total. The van der Waals surface area contributed by atoms with Crippen LogP contribution in [0.25, 0.3) is 0 Å². The largest absolute Gasteiger partial charge is 0.447 e. The maximum Gasteiger partial charge on any atom is 0.416 e. The molecule has 0 aromatic rings. The van der Waals surface area contributed by atoms with E-state index < -0.39 is 6.09 Å². The molecule has 1 atom stereocenters. The van der Waals surface area contributed by atoms with E-state index in [4.69, 9.17) is 4.74 Å². The van der Waals surface area contributed by atoms with Crippen molar-refractivity contribution in [1.82, 2.24) is 15.1 Å². The summed E-state index contributed by atoms with van der Waals surface area (Å²) in [7, 11) is 0. The highest BCUT2D eigenvalue weighted by atomic mass is 16.6. The van der Waals surface area contributed by atoms with Crippen molar-refractivity contribution in [2.45, 2.75) is 32.2 Å². The van der Waals surface area contributed by atoms with Gasteiger partial charge in [-0.05, 0) is 32.4 Å². The van der Waals surface area contributed by atoms with Gasteiger partial charge in [0.05, 0.1) is 13.1 Å². The summed E-state index contributed by atoms with van der Waals surface area (Å²) in [6.07, 6.45) is 2.77. The van der Waals surface area contributed by atoms with Gasteiger partial charge < -0.3 is 10.1 Å². The summed E-state index contributed by atoms with van der Waals surface area (Å²) in [5.41, 5.74) is 0. The van der Waals surface area contributed by atoms with Crippen LogP contribution in [0.2, 0.25) is 0 Å². The van der Waals surface area contributed by atoms with E-state index in [2.05, 4.69) is 17.1 Å². The Morgan fingerprint density at radius 2 is 2.42 bits per heavy atom. The molecule has 0 radical (unpaired) electrons. The number of cyclic esters (lactones) is 1. The Bertz CT molecular complexity index is 329. The summed E-state index contributed by atoms with van der Waals surface area (Å²) < 4.78 is 4.81. The van der Waals surface area contributed by atoms with E-state index in [-0.39, 0.29) is 5.91 Å². The van der Waals surface area contributed by atoms with Gasteiger partial charge in [0.15, 0.2) is 0 Å². The molecule has 0 saturated carbocycles. The van der Waals surface area contributed by atoms with Gasteiger partial charge in [-0.25, -0.2) is 9.69 Å². The predicted octanol–water partition coefficient (Wildman–Crippen LogP) is 0.429. The first-order valence-electron chi connectivity index (χ1n) is 7.14. The van der Waals surface area contributed by atoms with Gasteiger partial charge in [-0.1, -0.05) is 6.92 Å². The second-order valence-corrected chi connectivity index (χ2v) is 5.13. The van der Waals surface area contributed by atoms with Gasteiger partial charge in [0.25, 0.3) is 0 Å². The lowest BCUT2D eigenvalue weighted by Gasteiger charge is -2.34. The molecule has 0 aliphatic carbocycles. The van der Waals surface area contributed by atoms with Crippen molar-refractivity contribution in [3.8, 4) is 0 Å². The lowest BCUT2D eigenvalue weighted by atomic mass is 10.1. The molecule has 2 fully saturated rings. The van der Waals surface area contributed by atoms with Crippen molar-refractivity contribution in [3.63, 3.8) is 0 Å². The molecule has 0 spiro atoms. The summed E-state index contributed by atoms with van der Waals surface area (Å²) in [6.45, 7) is 6.01. The summed E-state index contributed by atoms with van der Waals surface area (Å²) in [5.74, 6) is -0.137. The fourth-order valence-electron chi connectivity index (χ4n) is 2.70. The van der Waals surface area contributed by atoms with E-state index in [0.717, 1.165) is 38.9 Å². The number of ether oxygens (including phenoxy) is 1. The molecule has 0 aromatic carbocycles. The number of carbonyl (C=O) groups is 2. The van der Waals surface area contributed by atoms with E-state index in [9.17, 15) is 9.59 Å². The highest BCUT2D eigenvalue weighted by Crippen LogP contribution is 2.12. The maximum absolute atomic E-state index is 12.1. The third-order valence-corrected chi connectivity index (χ3v) is 3.70. The summed E-state index contributed by atoms with van der Waals surface area (Å²) in [6, 6.07) is 0.399. The van der Waals surface area contributed by atoms with Crippen molar-refractivity contribution < 1.29 is 14.3 Å². The Morgan fingerprint density at radius 1 is 1.58 bits per heavy atom. The van der Waals surface area contributed by atoms with Crippen LogP contribution < -0.4 is 5.32 Å². The number of rotatable bonds is 5. The van der Waals surface area contributed by atoms with Gasteiger partial charge >= 0.3 is 6.09 Å². The Hall–Kier alpha value is -1.14. The number of carbonyl (C=O) groups excluding carboxylic acids is 2. The molecule has 2 aliphatic rings. The SMILES string of the molecule is CCCN(CC(=O)N1CCOC1=O)C1CCCNC1. The monoisotopic (exact) mass is 269 g/mol. The number of piperidine rings is 1. The zero-order chi connectivity index (χ0) is 13.7. The van der Waals surface area contributed by atoms with Crippen LogP contribution in [-0.4, -0.2) is 67.2 Å². The zero-order valence-corrected chi connectivity index (χ0v) is 11.6. The molecule has 1 N–H and O–H groups in total. The Balaban J connectivity index is 1.91. The smallest absolute Gasteiger partial charge is 0.416 e. The minimum absolute atomic E-state index is 0.137. The van der Waals surface area contributed by atoms with Crippen molar-refractivity contribution in [2.75, 3.05) is 39.3 Å². The van der Waals surface area contributed by atoms with E-state index in [1.165, 1.54) is 4.90 Å². The minimum atomic E-state index is -0.497. The molecule has 1 unspecified atom stereocenters. The quantitative estimate of drug-likeness (QED) is 0.784. The second-order valence-electron chi connectivity index (χ2n) is 5.13. The normalized spacial score (nSPS) is 23.8. The first kappa shape index (κ1) is 14.3. The van der Waals surface area contributed by atoms with Crippen molar-refractivity contribution >= 4 is 12.0 Å². The number of hydrogen-bond donors (Lipinski definition) is 1. The number of hydrogen-bond acceptors (Lipinski definition) is 5. The van der Waals surface area contributed by atoms with Crippen LogP contribution in [0, 0.1) is 0 Å². The average molecular weight is 269 g/mol. The van der Waals surface area contributed by atoms with Gasteiger partial charge in [-0.3, -0.25) is 9.69 Å². The van der Waals surface area contributed by atoms with E-state index in [0.29, 0.717) is 25.7 Å². The van der Waals surface area contributed by atoms with Crippen molar-refractivity contribution in [1.29, 1.82) is 0 Å². The number of nitrogens with one attached hydrogen (secondary N) is 1. The third kappa shape index (κ3) is 3.67. The van der Waals surface area contributed by atoms with Gasteiger partial charge in [-0.2, -0.15) is 0 Å². The van der Waals surface area contributed by atoms with Gasteiger partial charge in [0, 0.05) is 12.6 Å². The van der Waals surface area contributed by atoms with Crippen molar-refractivity contribution in [3.05, 3.63) is 0 Å². The lowest BCUT2D eigenvalue weighted by molar-refractivity contribution is -0.129. The fourth-order valence-corrected chi connectivity index (χ4v) is 2.70. The average Bonchev–Trinajstić information content (AvgIpc) is 2.85. The standard InChI is InChI=1S/C13H23N3O3/c1-2-6-15(11-4-3-5-14-9-11)10-12(17)16-7-8-19-13(16)18/h11,14H,2-10H2,1H3. The number of amides is 2. The molecular weight excluding hydrogens is 246 g/mol. The minimum Gasteiger partial charge on any atom is -0.447 e. The van der Waals surface area contributed by atoms with Crippen LogP contribution in [0.4, 0.5) is 4.79 Å². The molecule has 2 aliphatic heterocycles. The van der Waals surface area contributed by atoms with Crippen LogP contribution in [0.3, 0.4) is 0 Å². The molecule has 2 amide bonds. The van der Waals surface area contributed by atoms with Crippen LogP contribution >= 0.6 is 0 Å². The first-order valence-corrected chi connectivity index (χ1v) is 7.14.